The first-order chi connectivity index (χ1) is 12.7. The lowest BCUT2D eigenvalue weighted by Gasteiger charge is -2.16. The van der Waals surface area contributed by atoms with Crippen LogP contribution in [0.15, 0.2) is 48.7 Å². The minimum atomic E-state index is -0.791. The predicted molar refractivity (Wildman–Crippen MR) is 97.2 cm³/mol. The Morgan fingerprint density at radius 3 is 2.65 bits per heavy atom. The maximum atomic E-state index is 11.2. The van der Waals surface area contributed by atoms with Crippen molar-refractivity contribution in [3.63, 3.8) is 0 Å². The van der Waals surface area contributed by atoms with Crippen LogP contribution in [0.4, 0.5) is 0 Å². The van der Waals surface area contributed by atoms with E-state index in [0.29, 0.717) is 22.6 Å². The topological polar surface area (TPSA) is 77.8 Å². The van der Waals surface area contributed by atoms with E-state index in [2.05, 4.69) is 0 Å². The Bertz CT molecular complexity index is 931. The molecule has 2 aromatic carbocycles. The summed E-state index contributed by atoms with van der Waals surface area (Å²) in [4.78, 5) is 22.0. The van der Waals surface area contributed by atoms with Crippen LogP contribution in [0.1, 0.15) is 20.7 Å². The first-order valence-corrected chi connectivity index (χ1v) is 8.13. The van der Waals surface area contributed by atoms with Crippen molar-refractivity contribution in [1.82, 2.24) is 4.57 Å². The standard InChI is InChI=1S/C20H19NO5/c1-25-20-8-14(11-22)6-7-19(20)26-13-16(24)10-21-9-15(12-23)17-4-2-3-5-18(17)21/h2-9,11-12,16,24H,10,13H2,1H3. The van der Waals surface area contributed by atoms with Gasteiger partial charge in [0, 0.05) is 28.2 Å². The number of para-hydroxylation sites is 1. The van der Waals surface area contributed by atoms with E-state index in [0.717, 1.165) is 23.5 Å². The van der Waals surface area contributed by atoms with Gasteiger partial charge in [-0.05, 0) is 24.3 Å². The molecule has 3 aromatic rings. The number of hydrogen-bond donors (Lipinski definition) is 1. The fourth-order valence-electron chi connectivity index (χ4n) is 2.86. The molecule has 26 heavy (non-hydrogen) atoms. The zero-order chi connectivity index (χ0) is 18.5. The van der Waals surface area contributed by atoms with Gasteiger partial charge in [0.15, 0.2) is 17.8 Å². The van der Waals surface area contributed by atoms with Crippen molar-refractivity contribution >= 4 is 23.5 Å². The molecule has 0 saturated carbocycles. The molecule has 0 aliphatic carbocycles. The summed E-state index contributed by atoms with van der Waals surface area (Å²) in [6, 6.07) is 12.3. The molecule has 0 radical (unpaired) electrons. The van der Waals surface area contributed by atoms with Gasteiger partial charge in [-0.2, -0.15) is 0 Å². The van der Waals surface area contributed by atoms with E-state index in [1.807, 2.05) is 28.8 Å². The van der Waals surface area contributed by atoms with Crippen molar-refractivity contribution in [2.45, 2.75) is 12.6 Å². The van der Waals surface area contributed by atoms with E-state index in [-0.39, 0.29) is 13.2 Å². The van der Waals surface area contributed by atoms with Crippen LogP contribution in [0.2, 0.25) is 0 Å². The number of nitrogens with zero attached hydrogens (tertiary/aromatic N) is 1. The van der Waals surface area contributed by atoms with Crippen LogP contribution in [0.5, 0.6) is 11.5 Å². The molecular weight excluding hydrogens is 334 g/mol. The van der Waals surface area contributed by atoms with E-state index in [4.69, 9.17) is 9.47 Å². The Hall–Kier alpha value is -3.12. The van der Waals surface area contributed by atoms with Gasteiger partial charge in [-0.15, -0.1) is 0 Å². The average Bonchev–Trinajstić information content (AvgIpc) is 3.04. The van der Waals surface area contributed by atoms with E-state index in [1.165, 1.54) is 7.11 Å². The lowest BCUT2D eigenvalue weighted by Crippen LogP contribution is -2.23. The summed E-state index contributed by atoms with van der Waals surface area (Å²) >= 11 is 0. The second-order valence-corrected chi connectivity index (χ2v) is 5.86. The van der Waals surface area contributed by atoms with Gasteiger partial charge < -0.3 is 19.1 Å². The molecule has 1 heterocycles. The van der Waals surface area contributed by atoms with Crippen LogP contribution in [-0.4, -0.2) is 42.1 Å². The number of aldehydes is 2. The van der Waals surface area contributed by atoms with Crippen LogP contribution in [0.25, 0.3) is 10.9 Å². The third-order valence-corrected chi connectivity index (χ3v) is 4.11. The second kappa shape index (κ2) is 7.84. The van der Waals surface area contributed by atoms with Crippen LogP contribution >= 0.6 is 0 Å². The highest BCUT2D eigenvalue weighted by Crippen LogP contribution is 2.28. The first kappa shape index (κ1) is 17.7. The highest BCUT2D eigenvalue weighted by atomic mass is 16.5. The quantitative estimate of drug-likeness (QED) is 0.630. The van der Waals surface area contributed by atoms with Crippen LogP contribution in [-0.2, 0) is 6.54 Å². The molecule has 0 saturated heterocycles. The summed E-state index contributed by atoms with van der Waals surface area (Å²) in [7, 11) is 1.49. The zero-order valence-corrected chi connectivity index (χ0v) is 14.3. The van der Waals surface area contributed by atoms with Gasteiger partial charge in [0.1, 0.15) is 19.0 Å². The molecule has 6 nitrogen and oxygen atoms in total. The first-order valence-electron chi connectivity index (χ1n) is 8.13. The Labute approximate surface area is 150 Å². The van der Waals surface area contributed by atoms with Crippen molar-refractivity contribution in [3.05, 3.63) is 59.8 Å². The van der Waals surface area contributed by atoms with Gasteiger partial charge in [-0.1, -0.05) is 18.2 Å². The molecule has 1 unspecified atom stereocenters. The van der Waals surface area contributed by atoms with E-state index in [9.17, 15) is 14.7 Å². The zero-order valence-electron chi connectivity index (χ0n) is 14.3. The van der Waals surface area contributed by atoms with E-state index >= 15 is 0 Å². The number of hydrogen-bond acceptors (Lipinski definition) is 5. The van der Waals surface area contributed by atoms with Gasteiger partial charge >= 0.3 is 0 Å². The predicted octanol–water partition coefficient (Wildman–Crippen LogP) is 2.71. The number of fused-ring (bicyclic) bond motifs is 1. The molecule has 1 aromatic heterocycles. The summed E-state index contributed by atoms with van der Waals surface area (Å²) in [5.41, 5.74) is 1.94. The van der Waals surface area contributed by atoms with Crippen molar-refractivity contribution in [1.29, 1.82) is 0 Å². The normalized spacial score (nSPS) is 11.9. The molecule has 0 fully saturated rings. The van der Waals surface area contributed by atoms with Crippen molar-refractivity contribution in [3.8, 4) is 11.5 Å². The maximum absolute atomic E-state index is 11.2. The van der Waals surface area contributed by atoms with Crippen molar-refractivity contribution < 1.29 is 24.2 Å². The summed E-state index contributed by atoms with van der Waals surface area (Å²) in [5.74, 6) is 0.875. The van der Waals surface area contributed by atoms with E-state index in [1.54, 1.807) is 24.4 Å². The molecule has 1 atom stereocenters. The molecule has 0 spiro atoms. The minimum Gasteiger partial charge on any atom is -0.493 e. The molecule has 0 aliphatic heterocycles. The van der Waals surface area contributed by atoms with Crippen LogP contribution in [0, 0.1) is 0 Å². The number of methoxy groups -OCH3 is 1. The third kappa shape index (κ3) is 3.60. The number of carbonyl (C=O) groups excluding carboxylic acids is 2. The third-order valence-electron chi connectivity index (χ3n) is 4.11. The second-order valence-electron chi connectivity index (χ2n) is 5.86. The fourth-order valence-corrected chi connectivity index (χ4v) is 2.86. The van der Waals surface area contributed by atoms with Crippen molar-refractivity contribution in [2.24, 2.45) is 0 Å². The maximum Gasteiger partial charge on any atom is 0.161 e. The average molecular weight is 353 g/mol. The number of benzene rings is 2. The number of aromatic nitrogens is 1. The largest absolute Gasteiger partial charge is 0.493 e. The lowest BCUT2D eigenvalue weighted by molar-refractivity contribution is 0.0919. The van der Waals surface area contributed by atoms with Gasteiger partial charge in [-0.25, -0.2) is 0 Å². The van der Waals surface area contributed by atoms with Gasteiger partial charge in [0.25, 0.3) is 0 Å². The Balaban J connectivity index is 1.71. The highest BCUT2D eigenvalue weighted by molar-refractivity contribution is 5.97. The van der Waals surface area contributed by atoms with Gasteiger partial charge in [0.05, 0.1) is 13.7 Å². The molecule has 0 amide bonds. The highest BCUT2D eigenvalue weighted by Gasteiger charge is 2.13. The smallest absolute Gasteiger partial charge is 0.161 e. The van der Waals surface area contributed by atoms with Crippen LogP contribution in [0.3, 0.4) is 0 Å². The Kier molecular flexibility index (Phi) is 5.34. The summed E-state index contributed by atoms with van der Waals surface area (Å²) < 4.78 is 12.7. The number of aliphatic hydroxyl groups excluding tert-OH is 1. The number of ether oxygens (including phenoxy) is 2. The monoisotopic (exact) mass is 353 g/mol. The Morgan fingerprint density at radius 1 is 1.12 bits per heavy atom. The lowest BCUT2D eigenvalue weighted by atomic mass is 10.2. The van der Waals surface area contributed by atoms with E-state index < -0.39 is 6.10 Å². The number of rotatable bonds is 8. The summed E-state index contributed by atoms with van der Waals surface area (Å²) in [5, 5.41) is 11.2. The van der Waals surface area contributed by atoms with Gasteiger partial charge in [-0.3, -0.25) is 9.59 Å². The molecule has 0 aliphatic rings. The molecule has 134 valence electrons. The molecule has 6 heteroatoms. The molecular formula is C20H19NO5. The number of carbonyl (C=O) groups is 2. The fraction of sp³-hybridized carbons (Fsp3) is 0.200. The van der Waals surface area contributed by atoms with Crippen LogP contribution < -0.4 is 9.47 Å². The SMILES string of the molecule is COc1cc(C=O)ccc1OCC(O)Cn1cc(C=O)c2ccccc21. The summed E-state index contributed by atoms with van der Waals surface area (Å²) in [6.07, 6.45) is 2.46. The van der Waals surface area contributed by atoms with Crippen molar-refractivity contribution in [2.75, 3.05) is 13.7 Å². The molecule has 1 N–H and O–H groups in total. The Morgan fingerprint density at radius 2 is 1.92 bits per heavy atom. The minimum absolute atomic E-state index is 0.0414. The molecule has 3 rings (SSSR count). The number of aliphatic hydroxyl groups is 1. The summed E-state index contributed by atoms with van der Waals surface area (Å²) in [6.45, 7) is 0.322. The molecule has 0 bridgehead atoms. The van der Waals surface area contributed by atoms with Gasteiger partial charge in [0.2, 0.25) is 0 Å².